The van der Waals surface area contributed by atoms with E-state index in [2.05, 4.69) is 72.7 Å². The van der Waals surface area contributed by atoms with Crippen molar-refractivity contribution < 1.29 is 87.6 Å². The van der Waals surface area contributed by atoms with Gasteiger partial charge in [-0.25, -0.2) is 45.5 Å². The second kappa shape index (κ2) is 28.6. The third-order valence-electron chi connectivity index (χ3n) is 11.2. The predicted octanol–water partition coefficient (Wildman–Crippen LogP) is 10.0. The Morgan fingerprint density at radius 3 is 1.76 bits per heavy atom. The van der Waals surface area contributed by atoms with Gasteiger partial charge in [0.15, 0.2) is 5.82 Å². The van der Waals surface area contributed by atoms with Crippen LogP contribution < -0.4 is 8.61 Å². The minimum atomic E-state index is -4.02. The van der Waals surface area contributed by atoms with Crippen molar-refractivity contribution in [1.29, 1.82) is 0 Å². The number of alkyl halides is 6. The van der Waals surface area contributed by atoms with Gasteiger partial charge in [-0.3, -0.25) is 9.29 Å². The number of hydrogen-bond donors (Lipinski definition) is 0. The van der Waals surface area contributed by atoms with Crippen LogP contribution in [-0.4, -0.2) is 104 Å². The molecular formula is C46H42F7N17O9OsS5-2. The van der Waals surface area contributed by atoms with Crippen molar-refractivity contribution in [2.45, 2.75) is 78.8 Å². The Bertz CT molecular complexity index is 4030. The van der Waals surface area contributed by atoms with Gasteiger partial charge in [0.2, 0.25) is 20.0 Å². The van der Waals surface area contributed by atoms with Gasteiger partial charge in [-0.05, 0) is 56.9 Å². The van der Waals surface area contributed by atoms with Crippen LogP contribution in [0.1, 0.15) is 83.3 Å². The van der Waals surface area contributed by atoms with E-state index in [1.807, 2.05) is 0 Å². The van der Waals surface area contributed by atoms with E-state index in [0.717, 1.165) is 31.3 Å². The van der Waals surface area contributed by atoms with Crippen LogP contribution in [0.25, 0.3) is 43.3 Å². The number of hydrogen-bond acceptors (Lipinski definition) is 24. The van der Waals surface area contributed by atoms with Gasteiger partial charge in [-0.15, -0.1) is 64.6 Å². The van der Waals surface area contributed by atoms with Crippen LogP contribution in [0.3, 0.4) is 0 Å². The second-order valence-electron chi connectivity index (χ2n) is 17.0. The standard InChI is InChI=1S/C32H34F4N11O7S4.C14H8F3N6OS.O.Os/c1-4-9-45-15-24(40-19(45)3)47(17-26-39-14-23(56-26)30-42-44-32(54-30)28(35)36)58(50,51)11-6-10-52-18-20-7-8-21(12-37-20)46(57(48,49)5-2)16-25-38-13-22(55-25)29-41-43-31(53-29)27(33)34;15-7-1-2-10-20-9(6-23(10)5-7)18-4-11-19-3-8(25-11)13-21-22-14(24-13)12(16)17;;/h7-8,12-15,27-28H,1,4-6,9-11,16-18H2,2-3H3;1-3,5-6,12H,4H2;;/q2*-1;;. The number of sulfonamides is 2. The third-order valence-corrected chi connectivity index (χ3v) is 17.6. The summed E-state index contributed by atoms with van der Waals surface area (Å²) in [6.45, 7) is 7.43. The number of rotatable bonds is 26. The Labute approximate surface area is 498 Å². The van der Waals surface area contributed by atoms with Gasteiger partial charge in [-0.1, -0.05) is 0 Å². The van der Waals surface area contributed by atoms with Crippen LogP contribution in [-0.2, 0) is 79.7 Å². The molecule has 0 atom stereocenters. The van der Waals surface area contributed by atoms with Gasteiger partial charge in [0.25, 0.3) is 35.3 Å². The molecule has 0 spiro atoms. The van der Waals surface area contributed by atoms with E-state index in [4.69, 9.17) is 21.5 Å². The number of pyridine rings is 2. The van der Waals surface area contributed by atoms with Crippen molar-refractivity contribution >= 4 is 77.0 Å². The Morgan fingerprint density at radius 1 is 0.694 bits per heavy atom. The molecule has 10 rings (SSSR count). The Kier molecular flexibility index (Phi) is 21.4. The molecule has 0 fully saturated rings. The minimum absolute atomic E-state index is 0.00924. The van der Waals surface area contributed by atoms with Gasteiger partial charge in [0.05, 0.1) is 72.4 Å². The first-order valence-corrected chi connectivity index (χ1v) is 31.0. The number of aryl methyl sites for hydroxylation is 2. The molecule has 0 N–H and O–H groups in total. The number of fused-ring (bicyclic) bond motifs is 1. The zero-order valence-corrected chi connectivity index (χ0v) is 50.3. The Hall–Kier alpha value is -7.43. The molecule has 0 aliphatic rings. The summed E-state index contributed by atoms with van der Waals surface area (Å²) in [6, 6.07) is 5.97. The fraction of sp³-hybridized carbons (Fsp3) is 0.326. The van der Waals surface area contributed by atoms with Crippen LogP contribution in [0.2, 0.25) is 0 Å². The van der Waals surface area contributed by atoms with Crippen LogP contribution in [0.5, 0.6) is 0 Å². The molecule has 0 aliphatic heterocycles. The van der Waals surface area contributed by atoms with Crippen LogP contribution in [0.4, 0.5) is 48.1 Å². The van der Waals surface area contributed by atoms with E-state index in [-0.39, 0.29) is 95.5 Å². The van der Waals surface area contributed by atoms with Gasteiger partial charge >= 0.3 is 41.4 Å². The van der Waals surface area contributed by atoms with Crippen molar-refractivity contribution in [3.8, 4) is 32.3 Å². The number of anilines is 2. The first-order chi connectivity index (χ1) is 40.7. The van der Waals surface area contributed by atoms with E-state index < -0.39 is 57.0 Å². The monoisotopic (exact) mass is 1460 g/mol. The summed E-state index contributed by atoms with van der Waals surface area (Å²) in [5, 5.41) is 26.2. The van der Waals surface area contributed by atoms with Crippen molar-refractivity contribution in [1.82, 2.24) is 69.5 Å². The zero-order chi connectivity index (χ0) is 61.0. The fourth-order valence-corrected chi connectivity index (χ4v) is 12.3. The third kappa shape index (κ3) is 16.3. The van der Waals surface area contributed by atoms with Gasteiger partial charge in [0.1, 0.15) is 36.3 Å². The van der Waals surface area contributed by atoms with Crippen LogP contribution in [0, 0.1) is 19.7 Å². The van der Waals surface area contributed by atoms with Crippen LogP contribution >= 0.6 is 34.0 Å². The molecule has 10 aromatic heterocycles. The number of imidazole rings is 2. The van der Waals surface area contributed by atoms with Crippen molar-refractivity contribution in [3.63, 3.8) is 0 Å². The first kappa shape index (κ1) is 63.6. The molecule has 10 aromatic rings. The average Bonchev–Trinajstić information content (AvgIpc) is 3.72. The number of halogens is 7. The van der Waals surface area contributed by atoms with Gasteiger partial charge in [0, 0.05) is 37.4 Å². The number of nitrogens with zero attached hydrogens (tertiary/aromatic N) is 17. The van der Waals surface area contributed by atoms with E-state index in [9.17, 15) is 47.6 Å². The topological polar surface area (TPSA) is 319 Å². The van der Waals surface area contributed by atoms with E-state index in [1.54, 1.807) is 42.1 Å². The summed E-state index contributed by atoms with van der Waals surface area (Å²) in [6.07, 6.45) is 1.89. The van der Waals surface area contributed by atoms with Crippen molar-refractivity contribution in [2.24, 2.45) is 0 Å². The summed E-state index contributed by atoms with van der Waals surface area (Å²) in [4.78, 5) is 26.7. The summed E-state index contributed by atoms with van der Waals surface area (Å²) >= 11 is 3.82. The Morgan fingerprint density at radius 2 is 1.25 bits per heavy atom. The molecule has 39 heteroatoms. The quantitative estimate of drug-likeness (QED) is 0.0276. The van der Waals surface area contributed by atoms with Gasteiger partial charge in [-0.2, -0.15) is 32.8 Å². The predicted molar refractivity (Wildman–Crippen MR) is 285 cm³/mol. The van der Waals surface area contributed by atoms with E-state index in [1.165, 1.54) is 59.7 Å². The van der Waals surface area contributed by atoms with Gasteiger partial charge < -0.3 is 44.2 Å². The summed E-state index contributed by atoms with van der Waals surface area (Å²) < 4.78 is 178. The first-order valence-electron chi connectivity index (χ1n) is 24.3. The number of thiazole rings is 3. The summed E-state index contributed by atoms with van der Waals surface area (Å²) in [5.74, 6) is -2.53. The molecule has 10 heterocycles. The molecule has 0 aromatic carbocycles. The van der Waals surface area contributed by atoms with Crippen molar-refractivity contribution in [3.05, 3.63) is 130 Å². The molecule has 0 aliphatic carbocycles. The number of aromatic nitrogens is 14. The second-order valence-corrected chi connectivity index (χ2v) is 24.5. The average molecular weight is 1460 g/mol. The van der Waals surface area contributed by atoms with E-state index >= 15 is 0 Å². The zero-order valence-electron chi connectivity index (χ0n) is 43.7. The molecule has 0 unspecified atom stereocenters. The molecule has 0 bridgehead atoms. The molecule has 85 heavy (non-hydrogen) atoms. The molecule has 0 saturated carbocycles. The van der Waals surface area contributed by atoms with Crippen LogP contribution in [0.15, 0.2) is 80.9 Å². The SMILES string of the molecule is Fc1ccc2nc([N-]Cc3ncc(-c4nnc(C(F)F)o4)s3)cn2c1.[CH2-]CCn1cc(N(Cc2ncc(-c3nnc(C(F)F)o3)s2)S(=O)(=O)CCCOCc2ccc(N(Cc3ncc(-c4nnc(C(F)F)o4)s3)S(=O)(=O)CC)cn2)nc1C.[O]=[Os]. The molecule has 0 radical (unpaired) electrons. The summed E-state index contributed by atoms with van der Waals surface area (Å²) in [5.41, 5.74) is 1.25. The maximum absolute atomic E-state index is 13.8. The van der Waals surface area contributed by atoms with Crippen molar-refractivity contribution in [2.75, 3.05) is 26.7 Å². The van der Waals surface area contributed by atoms with E-state index in [0.29, 0.717) is 74.4 Å². The normalized spacial score (nSPS) is 11.8. The molecular weight excluding hydrogens is 1420 g/mol. The fourth-order valence-electron chi connectivity index (χ4n) is 7.25. The molecule has 0 saturated heterocycles. The molecule has 454 valence electrons. The maximum atomic E-state index is 13.8. The molecule has 26 nitrogen and oxygen atoms in total. The summed E-state index contributed by atoms with van der Waals surface area (Å²) in [7, 11) is -7.84. The number of ether oxygens (including phenoxy) is 1. The Balaban J connectivity index is 0.000000287. The molecule has 0 amide bonds.